The minimum atomic E-state index is -3.04. The van der Waals surface area contributed by atoms with E-state index in [9.17, 15) is 8.42 Å². The van der Waals surface area contributed by atoms with Crippen LogP contribution < -0.4 is 4.90 Å². The number of aromatic nitrogens is 2. The van der Waals surface area contributed by atoms with Crippen LogP contribution in [0.25, 0.3) is 0 Å². The van der Waals surface area contributed by atoms with Gasteiger partial charge in [0.05, 0.1) is 5.25 Å². The van der Waals surface area contributed by atoms with E-state index in [4.69, 9.17) is 0 Å². The topological polar surface area (TPSA) is 66.4 Å². The van der Waals surface area contributed by atoms with Crippen LogP contribution in [0, 0.1) is 0 Å². The van der Waals surface area contributed by atoms with Crippen LogP contribution in [-0.2, 0) is 22.9 Å². The lowest BCUT2D eigenvalue weighted by atomic mass is 9.96. The third kappa shape index (κ3) is 2.50. The monoisotopic (exact) mass is 322 g/mol. The zero-order valence-electron chi connectivity index (χ0n) is 12.7. The van der Waals surface area contributed by atoms with Crippen molar-refractivity contribution in [2.45, 2.75) is 43.8 Å². The molecular weight excluding hydrogens is 300 g/mol. The molecule has 0 bridgehead atoms. The minimum Gasteiger partial charge on any atom is -0.354 e. The van der Waals surface area contributed by atoms with Gasteiger partial charge in [0.1, 0.15) is 12.1 Å². The number of rotatable bonds is 3. The van der Waals surface area contributed by atoms with Crippen LogP contribution in [0.5, 0.6) is 0 Å². The van der Waals surface area contributed by atoms with Crippen LogP contribution in [0.15, 0.2) is 6.33 Å². The van der Waals surface area contributed by atoms with Crippen molar-refractivity contribution in [1.82, 2.24) is 14.3 Å². The summed E-state index contributed by atoms with van der Waals surface area (Å²) in [5, 5.41) is -0.106. The summed E-state index contributed by atoms with van der Waals surface area (Å²) in [5.41, 5.74) is 2.47. The first-order valence-corrected chi connectivity index (χ1v) is 9.73. The molecule has 2 fully saturated rings. The molecule has 4 rings (SSSR count). The molecule has 2 aliphatic carbocycles. The van der Waals surface area contributed by atoms with Gasteiger partial charge in [-0.1, -0.05) is 0 Å². The quantitative estimate of drug-likeness (QED) is 0.829. The first kappa shape index (κ1) is 14.4. The van der Waals surface area contributed by atoms with Gasteiger partial charge in [0.2, 0.25) is 10.0 Å². The molecule has 0 unspecified atom stereocenters. The van der Waals surface area contributed by atoms with Crippen molar-refractivity contribution >= 4 is 15.8 Å². The number of piperazine rings is 1. The summed E-state index contributed by atoms with van der Waals surface area (Å²) in [6.45, 7) is 2.63. The third-order valence-electron chi connectivity index (χ3n) is 4.95. The number of nitrogens with zero attached hydrogens (tertiary/aromatic N) is 4. The molecule has 0 N–H and O–H groups in total. The summed E-state index contributed by atoms with van der Waals surface area (Å²) in [7, 11) is -3.04. The third-order valence-corrected chi connectivity index (χ3v) is 7.34. The molecule has 0 spiro atoms. The highest BCUT2D eigenvalue weighted by Crippen LogP contribution is 2.32. The van der Waals surface area contributed by atoms with E-state index >= 15 is 0 Å². The Hall–Kier alpha value is -1.21. The van der Waals surface area contributed by atoms with Gasteiger partial charge in [0.15, 0.2) is 0 Å². The van der Waals surface area contributed by atoms with Gasteiger partial charge in [0.25, 0.3) is 0 Å². The molecule has 1 saturated carbocycles. The van der Waals surface area contributed by atoms with Crippen molar-refractivity contribution in [1.29, 1.82) is 0 Å². The Bertz CT molecular complexity index is 664. The Morgan fingerprint density at radius 3 is 2.45 bits per heavy atom. The highest BCUT2D eigenvalue weighted by Gasteiger charge is 2.41. The second-order valence-corrected chi connectivity index (χ2v) is 8.67. The fourth-order valence-corrected chi connectivity index (χ4v) is 5.33. The van der Waals surface area contributed by atoms with E-state index in [1.54, 1.807) is 10.6 Å². The minimum absolute atomic E-state index is 0.106. The van der Waals surface area contributed by atoms with Gasteiger partial charge in [0, 0.05) is 37.4 Å². The number of hydrogen-bond donors (Lipinski definition) is 0. The Morgan fingerprint density at radius 2 is 1.73 bits per heavy atom. The van der Waals surface area contributed by atoms with Gasteiger partial charge in [-0.2, -0.15) is 4.31 Å². The number of aryl methyl sites for hydroxylation is 1. The van der Waals surface area contributed by atoms with Crippen LogP contribution in [0.1, 0.15) is 36.9 Å². The zero-order valence-corrected chi connectivity index (χ0v) is 13.6. The van der Waals surface area contributed by atoms with Crippen LogP contribution in [0.4, 0.5) is 5.82 Å². The Balaban J connectivity index is 1.50. The van der Waals surface area contributed by atoms with Gasteiger partial charge >= 0.3 is 0 Å². The van der Waals surface area contributed by atoms with E-state index < -0.39 is 10.0 Å². The highest BCUT2D eigenvalue weighted by atomic mass is 32.2. The number of anilines is 1. The lowest BCUT2D eigenvalue weighted by Crippen LogP contribution is -2.50. The first-order valence-electron chi connectivity index (χ1n) is 8.23. The normalized spacial score (nSPS) is 23.4. The van der Waals surface area contributed by atoms with E-state index in [1.165, 1.54) is 24.1 Å². The van der Waals surface area contributed by atoms with Crippen LogP contribution in [0.3, 0.4) is 0 Å². The molecule has 1 saturated heterocycles. The van der Waals surface area contributed by atoms with Crippen molar-refractivity contribution in [3.63, 3.8) is 0 Å². The van der Waals surface area contributed by atoms with Gasteiger partial charge in [-0.15, -0.1) is 0 Å². The molecule has 6 nitrogen and oxygen atoms in total. The molecule has 3 aliphatic rings. The van der Waals surface area contributed by atoms with E-state index in [0.717, 1.165) is 44.6 Å². The van der Waals surface area contributed by atoms with Crippen molar-refractivity contribution in [2.24, 2.45) is 0 Å². The lowest BCUT2D eigenvalue weighted by Gasteiger charge is -2.36. The molecule has 2 heterocycles. The van der Waals surface area contributed by atoms with E-state index in [0.29, 0.717) is 13.1 Å². The lowest BCUT2D eigenvalue weighted by molar-refractivity contribution is 0.382. The SMILES string of the molecule is O=S(=O)(C1CC1)N1CCN(c2ncnc3c2CCCC3)CC1. The standard InChI is InChI=1S/C15H22N4O2S/c20-22(21,12-5-6-12)19-9-7-18(8-10-19)15-13-3-1-2-4-14(13)16-11-17-15/h11-12H,1-10H2. The second-order valence-electron chi connectivity index (χ2n) is 6.46. The predicted octanol–water partition coefficient (Wildman–Crippen LogP) is 0.970. The maximum absolute atomic E-state index is 12.3. The van der Waals surface area contributed by atoms with Gasteiger partial charge < -0.3 is 4.90 Å². The molecule has 0 amide bonds. The van der Waals surface area contributed by atoms with Crippen LogP contribution in [0.2, 0.25) is 0 Å². The highest BCUT2D eigenvalue weighted by molar-refractivity contribution is 7.90. The second kappa shape index (κ2) is 5.45. The van der Waals surface area contributed by atoms with Gasteiger partial charge in [-0.3, -0.25) is 0 Å². The molecule has 0 atom stereocenters. The predicted molar refractivity (Wildman–Crippen MR) is 84.4 cm³/mol. The molecule has 22 heavy (non-hydrogen) atoms. The number of hydrogen-bond acceptors (Lipinski definition) is 5. The zero-order chi connectivity index (χ0) is 15.2. The average molecular weight is 322 g/mol. The van der Waals surface area contributed by atoms with Crippen molar-refractivity contribution in [3.05, 3.63) is 17.6 Å². The molecule has 1 aliphatic heterocycles. The van der Waals surface area contributed by atoms with Gasteiger partial charge in [-0.05, 0) is 38.5 Å². The molecule has 1 aromatic heterocycles. The van der Waals surface area contributed by atoms with Crippen molar-refractivity contribution < 1.29 is 8.42 Å². The van der Waals surface area contributed by atoms with Crippen LogP contribution >= 0.6 is 0 Å². The summed E-state index contributed by atoms with van der Waals surface area (Å²) < 4.78 is 26.3. The molecule has 7 heteroatoms. The van der Waals surface area contributed by atoms with E-state index in [-0.39, 0.29) is 5.25 Å². The number of fused-ring (bicyclic) bond motifs is 1. The average Bonchev–Trinajstić information content (AvgIpc) is 3.40. The fourth-order valence-electron chi connectivity index (χ4n) is 3.51. The largest absolute Gasteiger partial charge is 0.354 e. The Kier molecular flexibility index (Phi) is 3.57. The molecular formula is C15H22N4O2S. The molecule has 0 aromatic carbocycles. The number of sulfonamides is 1. The van der Waals surface area contributed by atoms with E-state index in [2.05, 4.69) is 14.9 Å². The maximum atomic E-state index is 12.3. The maximum Gasteiger partial charge on any atom is 0.217 e. The Labute approximate surface area is 131 Å². The summed E-state index contributed by atoms with van der Waals surface area (Å²) in [6.07, 6.45) is 7.82. The summed E-state index contributed by atoms with van der Waals surface area (Å²) in [4.78, 5) is 11.2. The molecule has 120 valence electrons. The summed E-state index contributed by atoms with van der Waals surface area (Å²) in [5.74, 6) is 1.04. The molecule has 0 radical (unpaired) electrons. The Morgan fingerprint density at radius 1 is 1.00 bits per heavy atom. The van der Waals surface area contributed by atoms with E-state index in [1.807, 2.05) is 0 Å². The summed E-state index contributed by atoms with van der Waals surface area (Å²) in [6, 6.07) is 0. The molecule has 1 aromatic rings. The fraction of sp³-hybridized carbons (Fsp3) is 0.733. The van der Waals surface area contributed by atoms with Gasteiger partial charge in [-0.25, -0.2) is 18.4 Å². The smallest absolute Gasteiger partial charge is 0.217 e. The van der Waals surface area contributed by atoms with Crippen molar-refractivity contribution in [3.8, 4) is 0 Å². The van der Waals surface area contributed by atoms with Crippen LogP contribution in [-0.4, -0.2) is 54.1 Å². The summed E-state index contributed by atoms with van der Waals surface area (Å²) >= 11 is 0. The van der Waals surface area contributed by atoms with Crippen molar-refractivity contribution in [2.75, 3.05) is 31.1 Å². The first-order chi connectivity index (χ1) is 10.7.